The Morgan fingerprint density at radius 1 is 1.09 bits per heavy atom. The van der Waals surface area contributed by atoms with Crippen LogP contribution >= 0.6 is 0 Å². The van der Waals surface area contributed by atoms with E-state index in [4.69, 9.17) is 10.4 Å². The fourth-order valence-electron chi connectivity index (χ4n) is 3.15. The van der Waals surface area contributed by atoms with Crippen molar-refractivity contribution in [2.45, 2.75) is 24.4 Å². The van der Waals surface area contributed by atoms with Crippen LogP contribution in [0.2, 0.25) is 0 Å². The predicted molar refractivity (Wildman–Crippen MR) is 119 cm³/mol. The summed E-state index contributed by atoms with van der Waals surface area (Å²) >= 11 is 0. The van der Waals surface area contributed by atoms with Crippen molar-refractivity contribution >= 4 is 15.9 Å². The van der Waals surface area contributed by atoms with Crippen LogP contribution in [0.15, 0.2) is 69.2 Å². The maximum Gasteiger partial charge on any atom is 0.328 e. The number of carbonyl (C=O) groups excluding carboxylic acids is 1. The molecule has 0 aliphatic carbocycles. The Balaban J connectivity index is 1.81. The molecule has 0 saturated carbocycles. The quantitative estimate of drug-likeness (QED) is 0.472. The van der Waals surface area contributed by atoms with Crippen LogP contribution in [0.3, 0.4) is 0 Å². The number of H-pyrrole nitrogens is 1. The number of aromatic amines is 1. The number of aromatic nitrogens is 2. The summed E-state index contributed by atoms with van der Waals surface area (Å²) in [6.45, 7) is -0.179. The summed E-state index contributed by atoms with van der Waals surface area (Å²) < 4.78 is 37.2. The number of amides is 1. The van der Waals surface area contributed by atoms with Crippen LogP contribution in [0.1, 0.15) is 16.7 Å². The first-order valence-electron chi connectivity index (χ1n) is 9.94. The van der Waals surface area contributed by atoms with Crippen LogP contribution < -0.4 is 16.4 Å². The molecule has 3 N–H and O–H groups in total. The second-order valence-electron chi connectivity index (χ2n) is 7.43. The van der Waals surface area contributed by atoms with E-state index in [1.165, 1.54) is 17.0 Å². The lowest BCUT2D eigenvalue weighted by molar-refractivity contribution is -0.132. The minimum Gasteiger partial charge on any atom is -0.336 e. The highest BCUT2D eigenvalue weighted by molar-refractivity contribution is 7.89. The number of carbonyl (C=O) groups is 1. The van der Waals surface area contributed by atoms with Crippen molar-refractivity contribution < 1.29 is 17.6 Å². The van der Waals surface area contributed by atoms with Gasteiger partial charge in [-0.15, -0.1) is 0 Å². The molecule has 0 radical (unpaired) electrons. The number of benzene rings is 2. The summed E-state index contributed by atoms with van der Waals surface area (Å²) in [6.07, 6.45) is 1.02. The molecule has 1 amide bonds. The third-order valence-electron chi connectivity index (χ3n) is 5.00. The second kappa shape index (κ2) is 10.2. The van der Waals surface area contributed by atoms with Crippen LogP contribution in [0, 0.1) is 17.1 Å². The van der Waals surface area contributed by atoms with Crippen molar-refractivity contribution in [1.29, 1.82) is 5.26 Å². The van der Waals surface area contributed by atoms with Gasteiger partial charge in [0.1, 0.15) is 6.54 Å². The number of nitriles is 1. The first kappa shape index (κ1) is 24.6. The average Bonchev–Trinajstić information content (AvgIpc) is 2.80. The maximum atomic E-state index is 13.6. The zero-order chi connectivity index (χ0) is 24.9. The van der Waals surface area contributed by atoms with Gasteiger partial charge in [-0.3, -0.25) is 19.1 Å². The lowest BCUT2D eigenvalue weighted by Gasteiger charge is -2.23. The van der Waals surface area contributed by atoms with E-state index in [9.17, 15) is 27.2 Å². The number of hydrogen-bond donors (Lipinski definition) is 2. The van der Waals surface area contributed by atoms with Crippen molar-refractivity contribution in [1.82, 2.24) is 14.5 Å². The number of primary sulfonamides is 1. The number of nitrogens with two attached hydrogens (primary N) is 1. The van der Waals surface area contributed by atoms with Gasteiger partial charge in [0.05, 0.1) is 22.7 Å². The third kappa shape index (κ3) is 6.25. The number of nitrogens with zero attached hydrogens (tertiary/aromatic N) is 3. The van der Waals surface area contributed by atoms with Crippen molar-refractivity contribution in [2.75, 3.05) is 6.54 Å². The van der Waals surface area contributed by atoms with E-state index in [1.54, 1.807) is 41.4 Å². The normalized spacial score (nSPS) is 11.1. The summed E-state index contributed by atoms with van der Waals surface area (Å²) in [5.74, 6) is -1.71. The van der Waals surface area contributed by atoms with Gasteiger partial charge in [-0.2, -0.15) is 9.65 Å². The van der Waals surface area contributed by atoms with Crippen LogP contribution in [-0.2, 0) is 34.3 Å². The highest BCUT2D eigenvalue weighted by Crippen LogP contribution is 2.12. The largest absolute Gasteiger partial charge is 0.336 e. The molecule has 1 heterocycles. The molecule has 34 heavy (non-hydrogen) atoms. The van der Waals surface area contributed by atoms with Crippen LogP contribution in [0.4, 0.5) is 4.39 Å². The third-order valence-corrected chi connectivity index (χ3v) is 5.93. The number of nitrogens with one attached hydrogen (secondary N) is 1. The first-order valence-corrected chi connectivity index (χ1v) is 11.5. The first-order chi connectivity index (χ1) is 16.1. The molecule has 10 nitrogen and oxygen atoms in total. The summed E-state index contributed by atoms with van der Waals surface area (Å²) in [5.41, 5.74) is -0.191. The van der Waals surface area contributed by atoms with Crippen LogP contribution in [-0.4, -0.2) is 35.3 Å². The van der Waals surface area contributed by atoms with Gasteiger partial charge >= 0.3 is 5.69 Å². The zero-order valence-electron chi connectivity index (χ0n) is 17.8. The van der Waals surface area contributed by atoms with Crippen molar-refractivity contribution in [2.24, 2.45) is 5.14 Å². The zero-order valence-corrected chi connectivity index (χ0v) is 18.6. The van der Waals surface area contributed by atoms with Gasteiger partial charge in [-0.05, 0) is 41.8 Å². The van der Waals surface area contributed by atoms with Gasteiger partial charge in [-0.1, -0.05) is 24.3 Å². The summed E-state index contributed by atoms with van der Waals surface area (Å²) in [7, 11) is -3.83. The van der Waals surface area contributed by atoms with E-state index in [2.05, 4.69) is 0 Å². The van der Waals surface area contributed by atoms with Gasteiger partial charge in [0.15, 0.2) is 0 Å². The van der Waals surface area contributed by atoms with Crippen molar-refractivity contribution in [3.05, 3.63) is 98.1 Å². The Kier molecular flexibility index (Phi) is 7.40. The Labute approximate surface area is 193 Å². The van der Waals surface area contributed by atoms with E-state index in [0.29, 0.717) is 18.2 Å². The summed E-state index contributed by atoms with van der Waals surface area (Å²) in [5, 5.41) is 14.1. The molecular formula is C22H20FN5O5S. The summed E-state index contributed by atoms with van der Waals surface area (Å²) in [4.78, 5) is 39.4. The number of halogens is 1. The SMILES string of the molecule is N#Cc1ccc(CN(CCc2ccc(S(N)(=O)=O)cc2)C(=O)Cn2cc(F)c(=O)[nH]c2=O)cc1. The molecule has 0 aliphatic heterocycles. The van der Waals surface area contributed by atoms with E-state index in [0.717, 1.165) is 15.7 Å². The van der Waals surface area contributed by atoms with Gasteiger partial charge in [0.25, 0.3) is 5.56 Å². The Bertz CT molecular complexity index is 1460. The lowest BCUT2D eigenvalue weighted by Crippen LogP contribution is -2.39. The highest BCUT2D eigenvalue weighted by Gasteiger charge is 2.17. The molecule has 0 fully saturated rings. The molecule has 3 aromatic rings. The minimum absolute atomic E-state index is 0.0405. The Hall–Kier alpha value is -4.08. The molecule has 176 valence electrons. The predicted octanol–water partition coefficient (Wildman–Crippen LogP) is 0.466. The average molecular weight is 485 g/mol. The maximum absolute atomic E-state index is 13.6. The topological polar surface area (TPSA) is 159 Å². The van der Waals surface area contributed by atoms with Crippen LogP contribution in [0.5, 0.6) is 0 Å². The monoisotopic (exact) mass is 485 g/mol. The van der Waals surface area contributed by atoms with Crippen molar-refractivity contribution in [3.8, 4) is 6.07 Å². The highest BCUT2D eigenvalue weighted by atomic mass is 32.2. The standard InChI is InChI=1S/C22H20FN5O5S/c23-19-13-28(22(31)26-21(19)30)14-20(29)27(12-17-3-1-16(11-24)2-4-17)10-9-15-5-7-18(8-6-15)34(25,32)33/h1-8,13H,9-10,12,14H2,(H2,25,32,33)(H,26,30,31). The second-order valence-corrected chi connectivity index (χ2v) is 8.99. The van der Waals surface area contributed by atoms with Gasteiger partial charge in [-0.25, -0.2) is 18.4 Å². The smallest absolute Gasteiger partial charge is 0.328 e. The fraction of sp³-hybridized carbons (Fsp3) is 0.182. The van der Waals surface area contributed by atoms with E-state index >= 15 is 0 Å². The van der Waals surface area contributed by atoms with Gasteiger partial charge in [0.2, 0.25) is 21.7 Å². The Morgan fingerprint density at radius 3 is 2.29 bits per heavy atom. The van der Waals surface area contributed by atoms with Crippen molar-refractivity contribution in [3.63, 3.8) is 0 Å². The molecule has 0 spiro atoms. The molecule has 0 saturated heterocycles. The molecule has 0 aliphatic rings. The molecule has 0 atom stereocenters. The van der Waals surface area contributed by atoms with E-state index in [-0.39, 0.29) is 18.0 Å². The van der Waals surface area contributed by atoms with E-state index < -0.39 is 39.5 Å². The molecular weight excluding hydrogens is 465 g/mol. The number of rotatable bonds is 8. The van der Waals surface area contributed by atoms with Crippen LogP contribution in [0.25, 0.3) is 0 Å². The van der Waals surface area contributed by atoms with Gasteiger partial charge < -0.3 is 4.90 Å². The minimum atomic E-state index is -3.83. The number of hydrogen-bond acceptors (Lipinski definition) is 6. The van der Waals surface area contributed by atoms with Gasteiger partial charge in [0, 0.05) is 13.1 Å². The summed E-state index contributed by atoms with van der Waals surface area (Å²) in [6, 6.07) is 14.5. The molecule has 3 rings (SSSR count). The molecule has 0 unspecified atom stereocenters. The Morgan fingerprint density at radius 2 is 1.71 bits per heavy atom. The lowest BCUT2D eigenvalue weighted by atomic mass is 10.1. The van der Waals surface area contributed by atoms with E-state index in [1.807, 2.05) is 6.07 Å². The number of sulfonamides is 1. The molecule has 0 bridgehead atoms. The molecule has 1 aromatic heterocycles. The molecule has 2 aromatic carbocycles. The fourth-order valence-corrected chi connectivity index (χ4v) is 3.67. The molecule has 12 heteroatoms.